The Morgan fingerprint density at radius 3 is 2.65 bits per heavy atom. The third kappa shape index (κ3) is 3.41. The number of nitrogens with zero attached hydrogens (tertiary/aromatic N) is 2. The zero-order valence-corrected chi connectivity index (χ0v) is 9.84. The van der Waals surface area contributed by atoms with Gasteiger partial charge in [0.1, 0.15) is 18.1 Å². The monoisotopic (exact) mass is 232 g/mol. The van der Waals surface area contributed by atoms with Gasteiger partial charge in [0, 0.05) is 12.7 Å². The highest BCUT2D eigenvalue weighted by Gasteiger charge is 2.06. The van der Waals surface area contributed by atoms with E-state index in [1.54, 1.807) is 12.3 Å². The molecule has 17 heavy (non-hydrogen) atoms. The quantitative estimate of drug-likeness (QED) is 0.854. The van der Waals surface area contributed by atoms with Gasteiger partial charge in [0.25, 0.3) is 0 Å². The number of hydrogen-bond acceptors (Lipinski definition) is 4. The van der Waals surface area contributed by atoms with E-state index in [2.05, 4.69) is 9.88 Å². The maximum Gasteiger partial charge on any atom is 0.129 e. The third-order valence-corrected chi connectivity index (χ3v) is 2.46. The summed E-state index contributed by atoms with van der Waals surface area (Å²) in [4.78, 5) is 6.38. The molecule has 0 atom stereocenters. The number of furan rings is 1. The number of rotatable bonds is 5. The van der Waals surface area contributed by atoms with Crippen LogP contribution in [0.1, 0.15) is 17.2 Å². The molecule has 0 amide bonds. The molecule has 4 nitrogen and oxygen atoms in total. The molecule has 0 unspecified atom stereocenters. The summed E-state index contributed by atoms with van der Waals surface area (Å²) in [6, 6.07) is 9.57. The van der Waals surface area contributed by atoms with Crippen LogP contribution in [0.4, 0.5) is 0 Å². The first kappa shape index (κ1) is 11.8. The minimum absolute atomic E-state index is 0.0516. The van der Waals surface area contributed by atoms with Crippen LogP contribution in [0.5, 0.6) is 0 Å². The summed E-state index contributed by atoms with van der Waals surface area (Å²) in [6.45, 7) is 1.43. The second kappa shape index (κ2) is 5.61. The van der Waals surface area contributed by atoms with Crippen LogP contribution in [0.3, 0.4) is 0 Å². The molecule has 2 aromatic rings. The van der Waals surface area contributed by atoms with E-state index >= 15 is 0 Å². The summed E-state index contributed by atoms with van der Waals surface area (Å²) in [7, 11) is 2.01. The molecular formula is C13H16N2O2. The summed E-state index contributed by atoms with van der Waals surface area (Å²) < 4.78 is 5.43. The van der Waals surface area contributed by atoms with Crippen LogP contribution in [0.25, 0.3) is 0 Å². The molecule has 0 bridgehead atoms. The minimum atomic E-state index is -0.0516. The fourth-order valence-corrected chi connectivity index (χ4v) is 1.68. The van der Waals surface area contributed by atoms with E-state index < -0.39 is 0 Å². The van der Waals surface area contributed by atoms with Crippen molar-refractivity contribution in [1.29, 1.82) is 0 Å². The molecule has 0 aromatic carbocycles. The van der Waals surface area contributed by atoms with Gasteiger partial charge in [0.15, 0.2) is 0 Å². The minimum Gasteiger partial charge on any atom is -0.462 e. The highest BCUT2D eigenvalue weighted by atomic mass is 16.4. The Bertz CT molecular complexity index is 453. The maximum absolute atomic E-state index is 8.90. The molecule has 2 aromatic heterocycles. The van der Waals surface area contributed by atoms with Crippen molar-refractivity contribution in [1.82, 2.24) is 9.88 Å². The van der Waals surface area contributed by atoms with Gasteiger partial charge in [-0.3, -0.25) is 9.88 Å². The van der Waals surface area contributed by atoms with Crippen LogP contribution in [0.15, 0.2) is 40.9 Å². The maximum atomic E-state index is 8.90. The molecule has 0 fully saturated rings. The molecule has 0 aliphatic rings. The van der Waals surface area contributed by atoms with Gasteiger partial charge in [-0.2, -0.15) is 0 Å². The van der Waals surface area contributed by atoms with E-state index in [1.165, 1.54) is 0 Å². The van der Waals surface area contributed by atoms with Crippen molar-refractivity contribution < 1.29 is 9.52 Å². The second-order valence-electron chi connectivity index (χ2n) is 4.02. The molecule has 4 heteroatoms. The van der Waals surface area contributed by atoms with Crippen LogP contribution in [0, 0.1) is 0 Å². The van der Waals surface area contributed by atoms with Crippen molar-refractivity contribution in [3.8, 4) is 0 Å². The van der Waals surface area contributed by atoms with E-state index in [4.69, 9.17) is 9.52 Å². The molecule has 0 aliphatic carbocycles. The smallest absolute Gasteiger partial charge is 0.129 e. The van der Waals surface area contributed by atoms with E-state index in [0.29, 0.717) is 12.3 Å². The normalized spacial score (nSPS) is 11.0. The lowest BCUT2D eigenvalue weighted by molar-refractivity contribution is 0.230. The van der Waals surface area contributed by atoms with E-state index in [1.807, 2.05) is 31.3 Å². The largest absolute Gasteiger partial charge is 0.462 e. The third-order valence-electron chi connectivity index (χ3n) is 2.46. The molecule has 0 aliphatic heterocycles. The SMILES string of the molecule is CN(Cc1ccccn1)Cc1ccc(CO)o1. The van der Waals surface area contributed by atoms with Crippen LogP contribution in [-0.4, -0.2) is 22.0 Å². The van der Waals surface area contributed by atoms with Crippen molar-refractivity contribution in [2.45, 2.75) is 19.7 Å². The van der Waals surface area contributed by atoms with Crippen LogP contribution in [0.2, 0.25) is 0 Å². The predicted molar refractivity (Wildman–Crippen MR) is 64.0 cm³/mol. The first-order valence-electron chi connectivity index (χ1n) is 5.55. The van der Waals surface area contributed by atoms with Gasteiger partial charge >= 0.3 is 0 Å². The van der Waals surface area contributed by atoms with Gasteiger partial charge in [0.05, 0.1) is 12.2 Å². The predicted octanol–water partition coefficient (Wildman–Crippen LogP) is 1.80. The highest BCUT2D eigenvalue weighted by molar-refractivity contribution is 5.07. The Morgan fingerprint density at radius 2 is 2.00 bits per heavy atom. The van der Waals surface area contributed by atoms with Gasteiger partial charge in [-0.25, -0.2) is 0 Å². The number of hydrogen-bond donors (Lipinski definition) is 1. The summed E-state index contributed by atoms with van der Waals surface area (Å²) in [5, 5.41) is 8.90. The Hall–Kier alpha value is -1.65. The fraction of sp³-hybridized carbons (Fsp3) is 0.308. The number of pyridine rings is 1. The molecule has 0 saturated heterocycles. The molecule has 0 spiro atoms. The van der Waals surface area contributed by atoms with Gasteiger partial charge in [-0.1, -0.05) is 6.07 Å². The van der Waals surface area contributed by atoms with Crippen molar-refractivity contribution in [3.63, 3.8) is 0 Å². The van der Waals surface area contributed by atoms with E-state index in [9.17, 15) is 0 Å². The summed E-state index contributed by atoms with van der Waals surface area (Å²) >= 11 is 0. The standard InChI is InChI=1S/C13H16N2O2/c1-15(8-11-4-2-3-7-14-11)9-12-5-6-13(10-16)17-12/h2-7,16H,8-10H2,1H3. The lowest BCUT2D eigenvalue weighted by atomic mass is 10.3. The molecule has 90 valence electrons. The molecular weight excluding hydrogens is 216 g/mol. The molecule has 0 saturated carbocycles. The fourth-order valence-electron chi connectivity index (χ4n) is 1.68. The summed E-state index contributed by atoms with van der Waals surface area (Å²) in [5.41, 5.74) is 1.03. The number of aromatic nitrogens is 1. The van der Waals surface area contributed by atoms with E-state index in [-0.39, 0.29) is 6.61 Å². The van der Waals surface area contributed by atoms with Crippen LogP contribution < -0.4 is 0 Å². The Kier molecular flexibility index (Phi) is 3.90. The Morgan fingerprint density at radius 1 is 1.18 bits per heavy atom. The first-order chi connectivity index (χ1) is 8.28. The average Bonchev–Trinajstić information content (AvgIpc) is 2.78. The summed E-state index contributed by atoms with van der Waals surface area (Å²) in [5.74, 6) is 1.46. The van der Waals surface area contributed by atoms with Crippen molar-refractivity contribution in [2.75, 3.05) is 7.05 Å². The number of aliphatic hydroxyl groups is 1. The van der Waals surface area contributed by atoms with Gasteiger partial charge in [-0.05, 0) is 31.3 Å². The topological polar surface area (TPSA) is 49.5 Å². The van der Waals surface area contributed by atoms with Gasteiger partial charge < -0.3 is 9.52 Å². The van der Waals surface area contributed by atoms with Crippen LogP contribution in [-0.2, 0) is 19.7 Å². The van der Waals surface area contributed by atoms with Crippen molar-refractivity contribution >= 4 is 0 Å². The zero-order valence-electron chi connectivity index (χ0n) is 9.84. The van der Waals surface area contributed by atoms with Crippen molar-refractivity contribution in [2.24, 2.45) is 0 Å². The second-order valence-corrected chi connectivity index (χ2v) is 4.02. The number of aliphatic hydroxyl groups excluding tert-OH is 1. The van der Waals surface area contributed by atoms with E-state index in [0.717, 1.165) is 18.0 Å². The first-order valence-corrected chi connectivity index (χ1v) is 5.55. The molecule has 2 heterocycles. The highest BCUT2D eigenvalue weighted by Crippen LogP contribution is 2.11. The Balaban J connectivity index is 1.91. The van der Waals surface area contributed by atoms with Gasteiger partial charge in [-0.15, -0.1) is 0 Å². The Labute approximate surface area is 101 Å². The molecule has 2 rings (SSSR count). The average molecular weight is 232 g/mol. The van der Waals surface area contributed by atoms with Gasteiger partial charge in [0.2, 0.25) is 0 Å². The molecule has 1 N–H and O–H groups in total. The van der Waals surface area contributed by atoms with Crippen LogP contribution >= 0.6 is 0 Å². The lowest BCUT2D eigenvalue weighted by Crippen LogP contribution is -2.17. The lowest BCUT2D eigenvalue weighted by Gasteiger charge is -2.14. The zero-order chi connectivity index (χ0) is 12.1. The summed E-state index contributed by atoms with van der Waals surface area (Å²) in [6.07, 6.45) is 1.79. The van der Waals surface area contributed by atoms with Crippen molar-refractivity contribution in [3.05, 3.63) is 53.7 Å². The molecule has 0 radical (unpaired) electrons.